The molecule has 0 radical (unpaired) electrons. The van der Waals surface area contributed by atoms with Crippen LogP contribution in [-0.4, -0.2) is 82.8 Å². The van der Waals surface area contributed by atoms with Gasteiger partial charge in [0.25, 0.3) is 0 Å². The van der Waals surface area contributed by atoms with Crippen molar-refractivity contribution in [2.24, 2.45) is 23.2 Å². The Morgan fingerprint density at radius 1 is 0.868 bits per heavy atom. The van der Waals surface area contributed by atoms with Gasteiger partial charge < -0.3 is 19.8 Å². The third-order valence-corrected chi connectivity index (χ3v) is 12.9. The predicted octanol–water partition coefficient (Wildman–Crippen LogP) is 9.68. The molecular formula is C37H48F11NO4. The lowest BCUT2D eigenvalue weighted by Crippen LogP contribution is -2.66. The van der Waals surface area contributed by atoms with Gasteiger partial charge in [0.1, 0.15) is 17.5 Å². The number of phenols is 1. The minimum absolute atomic E-state index is 0.000237. The number of rotatable bonds is 16. The van der Waals surface area contributed by atoms with Gasteiger partial charge in [0, 0.05) is 11.8 Å². The number of ether oxygens (including phenoxy) is 1. The zero-order valence-corrected chi connectivity index (χ0v) is 29.7. The SMILES string of the molecule is CN(CCCCCCC(F)(F)C(F)(F)C(F)(F)C(F)(F)C(F)(F)F)CCCCC[C@H]1C[C@@]2(C)[C@@H](CC3OC(=O)C[C@@]32O)[C@@H]2CCc3cc(O)ccc3[C@@H]12. The van der Waals surface area contributed by atoms with Crippen molar-refractivity contribution in [2.75, 3.05) is 20.1 Å². The normalized spacial score (nSPS) is 30.5. The predicted molar refractivity (Wildman–Crippen MR) is 171 cm³/mol. The summed E-state index contributed by atoms with van der Waals surface area (Å²) in [5.41, 5.74) is 0.701. The average molecular weight is 780 g/mol. The van der Waals surface area contributed by atoms with Crippen LogP contribution in [0.15, 0.2) is 18.2 Å². The third kappa shape index (κ3) is 7.25. The van der Waals surface area contributed by atoms with Crippen LogP contribution in [-0.2, 0) is 16.0 Å². The molecule has 0 bridgehead atoms. The van der Waals surface area contributed by atoms with Gasteiger partial charge in [-0.05, 0) is 118 Å². The van der Waals surface area contributed by atoms with Crippen molar-refractivity contribution in [2.45, 2.75) is 144 Å². The lowest BCUT2D eigenvalue weighted by Gasteiger charge is -2.56. The van der Waals surface area contributed by atoms with Crippen molar-refractivity contribution in [1.29, 1.82) is 0 Å². The van der Waals surface area contributed by atoms with E-state index >= 15 is 0 Å². The van der Waals surface area contributed by atoms with Crippen LogP contribution in [0.5, 0.6) is 5.75 Å². The Hall–Kier alpha value is -2.36. The molecule has 2 saturated carbocycles. The molecule has 0 amide bonds. The van der Waals surface area contributed by atoms with Gasteiger partial charge in [0.2, 0.25) is 0 Å². The molecule has 1 heterocycles. The molecule has 16 heteroatoms. The monoisotopic (exact) mass is 779 g/mol. The quantitative estimate of drug-likeness (QED) is 0.0994. The van der Waals surface area contributed by atoms with E-state index in [1.807, 2.05) is 24.1 Å². The summed E-state index contributed by atoms with van der Waals surface area (Å²) in [6, 6.07) is 5.59. The number of phenolic OH excluding ortho intramolecular Hbond substituents is 1. The number of esters is 1. The van der Waals surface area contributed by atoms with E-state index in [1.165, 1.54) is 5.56 Å². The first-order valence-electron chi connectivity index (χ1n) is 18.4. The lowest BCUT2D eigenvalue weighted by atomic mass is 9.49. The number of carbonyl (C=O) groups is 1. The summed E-state index contributed by atoms with van der Waals surface area (Å²) in [7, 11) is 1.83. The molecule has 7 atom stereocenters. The first-order valence-corrected chi connectivity index (χ1v) is 18.4. The van der Waals surface area contributed by atoms with E-state index < -0.39 is 59.8 Å². The van der Waals surface area contributed by atoms with Crippen molar-refractivity contribution in [3.8, 4) is 5.75 Å². The number of aryl methyl sites for hydroxylation is 1. The summed E-state index contributed by atoms with van der Waals surface area (Å²) in [5, 5.41) is 22.1. The number of nitrogens with zero attached hydrogens (tertiary/aromatic N) is 1. The first-order chi connectivity index (χ1) is 24.4. The van der Waals surface area contributed by atoms with Crippen LogP contribution in [0.25, 0.3) is 0 Å². The number of alkyl halides is 11. The number of aromatic hydroxyl groups is 1. The molecule has 4 aliphatic rings. The van der Waals surface area contributed by atoms with Crippen LogP contribution >= 0.6 is 0 Å². The van der Waals surface area contributed by atoms with E-state index in [0.29, 0.717) is 31.8 Å². The molecule has 5 rings (SSSR count). The number of aliphatic hydroxyl groups is 1. The molecule has 0 spiro atoms. The fourth-order valence-corrected chi connectivity index (χ4v) is 10.0. The maximum absolute atomic E-state index is 13.9. The van der Waals surface area contributed by atoms with Gasteiger partial charge >= 0.3 is 35.8 Å². The van der Waals surface area contributed by atoms with E-state index in [2.05, 4.69) is 6.92 Å². The van der Waals surface area contributed by atoms with Crippen molar-refractivity contribution < 1.29 is 68.0 Å². The minimum atomic E-state index is -7.36. The highest BCUT2D eigenvalue weighted by Crippen LogP contribution is 2.69. The number of benzene rings is 1. The highest BCUT2D eigenvalue weighted by Gasteiger charge is 2.86. The highest BCUT2D eigenvalue weighted by molar-refractivity contribution is 5.74. The third-order valence-electron chi connectivity index (χ3n) is 12.9. The van der Waals surface area contributed by atoms with Gasteiger partial charge in [-0.2, -0.15) is 48.3 Å². The second-order valence-electron chi connectivity index (χ2n) is 16.2. The number of carbonyl (C=O) groups excluding carboxylic acids is 1. The standard InChI is InChI=1S/C37H48F11NO4/c1-31-20-23(30-25-14-12-24(50)18-22(25)11-13-26(30)27(31)19-28-32(31,52)21-29(51)53-28)10-6-5-9-17-49(2)16-8-4-3-7-15-33(38,39)34(40,41)35(42,43)36(44,45)37(46,47)48/h12,14,18,23,26-28,30,50,52H,3-11,13,15-17,19-21H2,1-2H3/t23-,26-,27-,28?,30+,31-,32+/m0/s1. The van der Waals surface area contributed by atoms with Gasteiger partial charge in [-0.1, -0.05) is 38.7 Å². The number of halogens is 11. The van der Waals surface area contributed by atoms with Gasteiger partial charge in [-0.15, -0.1) is 0 Å². The fourth-order valence-electron chi connectivity index (χ4n) is 10.0. The molecule has 1 aromatic rings. The number of unbranched alkanes of at least 4 members (excludes halogenated alkanes) is 5. The van der Waals surface area contributed by atoms with Crippen molar-refractivity contribution >= 4 is 5.97 Å². The number of fused-ring (bicyclic) bond motifs is 7. The number of hydrogen-bond acceptors (Lipinski definition) is 5. The highest BCUT2D eigenvalue weighted by atomic mass is 19.4. The molecule has 1 aliphatic heterocycles. The Balaban J connectivity index is 1.07. The summed E-state index contributed by atoms with van der Waals surface area (Å²) < 4.78 is 151. The van der Waals surface area contributed by atoms with E-state index in [4.69, 9.17) is 4.74 Å². The maximum atomic E-state index is 13.9. The Morgan fingerprint density at radius 2 is 1.49 bits per heavy atom. The second-order valence-corrected chi connectivity index (χ2v) is 16.2. The summed E-state index contributed by atoms with van der Waals surface area (Å²) in [5.74, 6) is -26.6. The summed E-state index contributed by atoms with van der Waals surface area (Å²) in [6.07, 6.45) is -3.29. The van der Waals surface area contributed by atoms with Gasteiger partial charge in [-0.25, -0.2) is 0 Å². The van der Waals surface area contributed by atoms with Crippen LogP contribution < -0.4 is 0 Å². The molecule has 1 saturated heterocycles. The second kappa shape index (κ2) is 14.6. The van der Waals surface area contributed by atoms with Crippen molar-refractivity contribution in [3.63, 3.8) is 0 Å². The van der Waals surface area contributed by atoms with Gasteiger partial charge in [0.05, 0.1) is 6.42 Å². The Morgan fingerprint density at radius 3 is 2.13 bits per heavy atom. The molecule has 1 unspecified atom stereocenters. The van der Waals surface area contributed by atoms with Gasteiger partial charge in [0.15, 0.2) is 0 Å². The summed E-state index contributed by atoms with van der Waals surface area (Å²) in [4.78, 5) is 14.3. The van der Waals surface area contributed by atoms with Crippen molar-refractivity contribution in [1.82, 2.24) is 4.90 Å². The molecule has 3 fully saturated rings. The molecular weight excluding hydrogens is 731 g/mol. The van der Waals surface area contributed by atoms with Crippen LogP contribution in [0.3, 0.4) is 0 Å². The molecule has 0 aromatic heterocycles. The van der Waals surface area contributed by atoms with Crippen LogP contribution in [0.2, 0.25) is 0 Å². The van der Waals surface area contributed by atoms with E-state index in [1.54, 1.807) is 6.07 Å². The lowest BCUT2D eigenvalue weighted by molar-refractivity contribution is -0.422. The van der Waals surface area contributed by atoms with E-state index in [-0.39, 0.29) is 48.7 Å². The average Bonchev–Trinajstić information content (AvgIpc) is 3.46. The largest absolute Gasteiger partial charge is 0.508 e. The Labute approximate surface area is 301 Å². The zero-order chi connectivity index (χ0) is 39.4. The topological polar surface area (TPSA) is 70.0 Å². The van der Waals surface area contributed by atoms with E-state index in [0.717, 1.165) is 50.5 Å². The molecule has 5 nitrogen and oxygen atoms in total. The van der Waals surface area contributed by atoms with Crippen molar-refractivity contribution in [3.05, 3.63) is 29.3 Å². The zero-order valence-electron chi connectivity index (χ0n) is 29.7. The van der Waals surface area contributed by atoms with Gasteiger partial charge in [-0.3, -0.25) is 4.79 Å². The minimum Gasteiger partial charge on any atom is -0.508 e. The molecule has 3 aliphatic carbocycles. The fraction of sp³-hybridized carbons (Fsp3) is 0.811. The molecule has 1 aromatic carbocycles. The molecule has 53 heavy (non-hydrogen) atoms. The summed E-state index contributed by atoms with van der Waals surface area (Å²) >= 11 is 0. The van der Waals surface area contributed by atoms with Crippen LogP contribution in [0.4, 0.5) is 48.3 Å². The Kier molecular flexibility index (Phi) is 11.5. The smallest absolute Gasteiger partial charge is 0.460 e. The van der Waals surface area contributed by atoms with Crippen LogP contribution in [0.1, 0.15) is 107 Å². The molecule has 2 N–H and O–H groups in total. The van der Waals surface area contributed by atoms with Crippen LogP contribution in [0, 0.1) is 23.2 Å². The summed E-state index contributed by atoms with van der Waals surface area (Å²) in [6.45, 7) is 3.30. The first kappa shape index (κ1) is 41.8. The van der Waals surface area contributed by atoms with E-state index in [9.17, 15) is 63.3 Å². The number of hydrogen-bond donors (Lipinski definition) is 2. The maximum Gasteiger partial charge on any atom is 0.460 e. The molecule has 302 valence electrons. The Bertz CT molecular complexity index is 1470.